The highest BCUT2D eigenvalue weighted by Crippen LogP contribution is 2.26. The normalized spacial score (nSPS) is 13.2. The summed E-state index contributed by atoms with van der Waals surface area (Å²) in [6, 6.07) is 15.0. The van der Waals surface area contributed by atoms with E-state index in [1.807, 2.05) is 74.2 Å². The van der Waals surface area contributed by atoms with Gasteiger partial charge in [-0.2, -0.15) is 0 Å². The van der Waals surface area contributed by atoms with Gasteiger partial charge in [0.05, 0.1) is 22.6 Å². The number of carbonyl (C=O) groups excluding carboxylic acids is 1. The van der Waals surface area contributed by atoms with Crippen LogP contribution in [0.15, 0.2) is 53.3 Å². The first kappa shape index (κ1) is 23.7. The number of aryl methyl sites for hydroxylation is 1. The Hall–Kier alpha value is -2.95. The second-order valence-electron chi connectivity index (χ2n) is 8.51. The number of fused-ring (bicyclic) bond motifs is 1. The lowest BCUT2D eigenvalue weighted by molar-refractivity contribution is -0.138. The van der Waals surface area contributed by atoms with Crippen LogP contribution < -0.4 is 5.56 Å². The summed E-state index contributed by atoms with van der Waals surface area (Å²) in [5, 5.41) is 0.578. The molecule has 1 aromatic heterocycles. The molecule has 0 N–H and O–H groups in total. The van der Waals surface area contributed by atoms with Crippen molar-refractivity contribution in [3.8, 4) is 5.69 Å². The number of benzene rings is 2. The van der Waals surface area contributed by atoms with Crippen LogP contribution in [0, 0.1) is 12.8 Å². The largest absolute Gasteiger partial charge is 0.333 e. The molecule has 2 atom stereocenters. The predicted octanol–water partition coefficient (Wildman–Crippen LogP) is 5.82. The smallest absolute Gasteiger partial charge is 0.266 e. The molecule has 0 saturated heterocycles. The van der Waals surface area contributed by atoms with Gasteiger partial charge in [0.2, 0.25) is 5.91 Å². The quantitative estimate of drug-likeness (QED) is 0.427. The van der Waals surface area contributed by atoms with Crippen molar-refractivity contribution in [1.29, 1.82) is 0 Å². The van der Waals surface area contributed by atoms with E-state index >= 15 is 0 Å². The van der Waals surface area contributed by atoms with Crippen molar-refractivity contribution in [3.05, 3.63) is 70.3 Å². The summed E-state index contributed by atoms with van der Waals surface area (Å²) in [6.45, 7) is 10.8. The van der Waals surface area contributed by atoms with E-state index in [9.17, 15) is 9.59 Å². The van der Waals surface area contributed by atoms with Gasteiger partial charge in [-0.3, -0.25) is 14.2 Å². The molecule has 1 amide bonds. The van der Waals surface area contributed by atoms with Gasteiger partial charge in [-0.15, -0.1) is 0 Å². The first-order valence-electron chi connectivity index (χ1n) is 11.8. The molecule has 5 nitrogen and oxygen atoms in total. The SMILES string of the molecule is CCCCC(CC)C(=O)N(CC)C(C)c1nc2ccccc2c(=O)n1-c1cccc(C)c1. The standard InChI is InChI=1S/C27H35N3O2/c1-6-9-14-21(7-2)26(31)29(8-3)20(5)25-28-24-17-11-10-16-23(24)27(32)30(25)22-15-12-13-19(4)18-22/h10-13,15-18,20-21H,6-9,14H2,1-5H3. The maximum atomic E-state index is 13.6. The summed E-state index contributed by atoms with van der Waals surface area (Å²) in [6.07, 6.45) is 3.83. The van der Waals surface area contributed by atoms with E-state index in [1.54, 1.807) is 4.57 Å². The summed E-state index contributed by atoms with van der Waals surface area (Å²) in [7, 11) is 0. The fraction of sp³-hybridized carbons (Fsp3) is 0.444. The molecule has 0 radical (unpaired) electrons. The molecular formula is C27H35N3O2. The summed E-state index contributed by atoms with van der Waals surface area (Å²) < 4.78 is 1.68. The molecule has 5 heteroatoms. The molecule has 0 aliphatic carbocycles. The number of nitrogens with zero attached hydrogens (tertiary/aromatic N) is 3. The molecule has 0 bridgehead atoms. The first-order chi connectivity index (χ1) is 15.4. The zero-order valence-electron chi connectivity index (χ0n) is 20.0. The lowest BCUT2D eigenvalue weighted by atomic mass is 9.97. The minimum Gasteiger partial charge on any atom is -0.333 e. The van der Waals surface area contributed by atoms with E-state index in [1.165, 1.54) is 0 Å². The molecule has 0 aliphatic heterocycles. The molecule has 0 aliphatic rings. The molecule has 3 rings (SSSR count). The van der Waals surface area contributed by atoms with Crippen LogP contribution in [0.25, 0.3) is 16.6 Å². The molecule has 0 spiro atoms. The molecule has 3 aromatic rings. The van der Waals surface area contributed by atoms with Crippen LogP contribution in [-0.2, 0) is 4.79 Å². The third-order valence-electron chi connectivity index (χ3n) is 6.27. The fourth-order valence-electron chi connectivity index (χ4n) is 4.39. The van der Waals surface area contributed by atoms with Crippen molar-refractivity contribution >= 4 is 16.8 Å². The van der Waals surface area contributed by atoms with E-state index in [0.29, 0.717) is 23.3 Å². The van der Waals surface area contributed by atoms with E-state index < -0.39 is 0 Å². The van der Waals surface area contributed by atoms with Gasteiger partial charge in [-0.05, 0) is 63.4 Å². The van der Waals surface area contributed by atoms with Crippen LogP contribution in [0.5, 0.6) is 0 Å². The van der Waals surface area contributed by atoms with Gasteiger partial charge < -0.3 is 4.90 Å². The topological polar surface area (TPSA) is 55.2 Å². The van der Waals surface area contributed by atoms with Crippen LogP contribution in [0.2, 0.25) is 0 Å². The summed E-state index contributed by atoms with van der Waals surface area (Å²) in [4.78, 5) is 33.9. The number of hydrogen-bond acceptors (Lipinski definition) is 3. The van der Waals surface area contributed by atoms with Gasteiger partial charge >= 0.3 is 0 Å². The maximum absolute atomic E-state index is 13.6. The van der Waals surface area contributed by atoms with Crippen molar-refractivity contribution < 1.29 is 4.79 Å². The molecular weight excluding hydrogens is 398 g/mol. The molecule has 170 valence electrons. The number of unbranched alkanes of at least 4 members (excludes halogenated alkanes) is 1. The molecule has 2 unspecified atom stereocenters. The first-order valence-corrected chi connectivity index (χ1v) is 11.8. The number of amides is 1. The Kier molecular flexibility index (Phi) is 7.84. The minimum absolute atomic E-state index is 0.00283. The van der Waals surface area contributed by atoms with Gasteiger partial charge in [0, 0.05) is 12.5 Å². The second kappa shape index (κ2) is 10.6. The average molecular weight is 434 g/mol. The van der Waals surface area contributed by atoms with Crippen molar-refractivity contribution in [2.45, 2.75) is 66.3 Å². The predicted molar refractivity (Wildman–Crippen MR) is 131 cm³/mol. The molecule has 0 saturated carbocycles. The Bertz CT molecular complexity index is 1140. The fourth-order valence-corrected chi connectivity index (χ4v) is 4.39. The van der Waals surface area contributed by atoms with Crippen LogP contribution in [0.3, 0.4) is 0 Å². The number of hydrogen-bond donors (Lipinski definition) is 0. The van der Waals surface area contributed by atoms with Crippen LogP contribution >= 0.6 is 0 Å². The van der Waals surface area contributed by atoms with Gasteiger partial charge in [0.1, 0.15) is 5.82 Å². The number of aromatic nitrogens is 2. The molecule has 0 fully saturated rings. The number of rotatable bonds is 9. The third-order valence-corrected chi connectivity index (χ3v) is 6.27. The molecule has 32 heavy (non-hydrogen) atoms. The van der Waals surface area contributed by atoms with Crippen LogP contribution in [0.4, 0.5) is 0 Å². The zero-order valence-corrected chi connectivity index (χ0v) is 20.0. The second-order valence-corrected chi connectivity index (χ2v) is 8.51. The van der Waals surface area contributed by atoms with Gasteiger partial charge in [-0.1, -0.05) is 51.0 Å². The Morgan fingerprint density at radius 2 is 1.84 bits per heavy atom. The highest BCUT2D eigenvalue weighted by Gasteiger charge is 2.29. The lowest BCUT2D eigenvalue weighted by Gasteiger charge is -2.32. The Morgan fingerprint density at radius 3 is 2.50 bits per heavy atom. The van der Waals surface area contributed by atoms with Crippen LogP contribution in [0.1, 0.15) is 70.8 Å². The monoisotopic (exact) mass is 433 g/mol. The van der Waals surface area contributed by atoms with E-state index in [2.05, 4.69) is 13.8 Å². The number of carbonyl (C=O) groups is 1. The van der Waals surface area contributed by atoms with Crippen molar-refractivity contribution in [3.63, 3.8) is 0 Å². The van der Waals surface area contributed by atoms with Gasteiger partial charge in [0.15, 0.2) is 0 Å². The molecule has 2 aromatic carbocycles. The molecule has 1 heterocycles. The zero-order chi connectivity index (χ0) is 23.3. The van der Waals surface area contributed by atoms with Gasteiger partial charge in [0.25, 0.3) is 5.56 Å². The Morgan fingerprint density at radius 1 is 1.09 bits per heavy atom. The van der Waals surface area contributed by atoms with Gasteiger partial charge in [-0.25, -0.2) is 4.98 Å². The highest BCUT2D eigenvalue weighted by atomic mass is 16.2. The van der Waals surface area contributed by atoms with Crippen molar-refractivity contribution in [1.82, 2.24) is 14.5 Å². The third kappa shape index (κ3) is 4.77. The summed E-state index contributed by atoms with van der Waals surface area (Å²) >= 11 is 0. The summed E-state index contributed by atoms with van der Waals surface area (Å²) in [5.74, 6) is 0.742. The van der Waals surface area contributed by atoms with E-state index in [-0.39, 0.29) is 23.4 Å². The maximum Gasteiger partial charge on any atom is 0.266 e. The minimum atomic E-state index is -0.332. The van der Waals surface area contributed by atoms with Crippen molar-refractivity contribution in [2.24, 2.45) is 5.92 Å². The average Bonchev–Trinajstić information content (AvgIpc) is 2.80. The number of para-hydroxylation sites is 1. The van der Waals surface area contributed by atoms with Crippen molar-refractivity contribution in [2.75, 3.05) is 6.54 Å². The van der Waals surface area contributed by atoms with E-state index in [4.69, 9.17) is 4.98 Å². The lowest BCUT2D eigenvalue weighted by Crippen LogP contribution is -2.40. The summed E-state index contributed by atoms with van der Waals surface area (Å²) in [5.41, 5.74) is 2.39. The Labute approximate surface area is 191 Å². The van der Waals surface area contributed by atoms with E-state index in [0.717, 1.165) is 36.9 Å². The Balaban J connectivity index is 2.16. The highest BCUT2D eigenvalue weighted by molar-refractivity contribution is 5.80. The van der Waals surface area contributed by atoms with Crippen LogP contribution in [-0.4, -0.2) is 26.9 Å².